The number of hydrogen-bond donors (Lipinski definition) is 2. The van der Waals surface area contributed by atoms with Crippen LogP contribution in [0, 0.1) is 5.92 Å². The van der Waals surface area contributed by atoms with Crippen molar-refractivity contribution in [2.24, 2.45) is 5.92 Å². The second kappa shape index (κ2) is 6.87. The van der Waals surface area contributed by atoms with Crippen molar-refractivity contribution >= 4 is 11.9 Å². The highest BCUT2D eigenvalue weighted by Gasteiger charge is 2.22. The smallest absolute Gasteiger partial charge is 0.326 e. The van der Waals surface area contributed by atoms with Gasteiger partial charge in [0.2, 0.25) is 0 Å². The summed E-state index contributed by atoms with van der Waals surface area (Å²) >= 11 is 0. The molecule has 0 aromatic carbocycles. The third-order valence-electron chi connectivity index (χ3n) is 2.84. The molecule has 1 aromatic heterocycles. The van der Waals surface area contributed by atoms with Gasteiger partial charge in [-0.05, 0) is 30.4 Å². The van der Waals surface area contributed by atoms with Crippen LogP contribution in [0.15, 0.2) is 18.5 Å². The van der Waals surface area contributed by atoms with Crippen molar-refractivity contribution in [3.05, 3.63) is 29.6 Å². The van der Waals surface area contributed by atoms with Crippen LogP contribution in [-0.4, -0.2) is 28.0 Å². The Labute approximate surface area is 113 Å². The maximum atomic E-state index is 12.1. The third-order valence-corrected chi connectivity index (χ3v) is 2.84. The summed E-state index contributed by atoms with van der Waals surface area (Å²) in [5.41, 5.74) is 1.31. The Morgan fingerprint density at radius 3 is 2.63 bits per heavy atom. The van der Waals surface area contributed by atoms with E-state index in [4.69, 9.17) is 5.11 Å². The van der Waals surface area contributed by atoms with Gasteiger partial charge in [0.15, 0.2) is 0 Å². The van der Waals surface area contributed by atoms with Gasteiger partial charge in [-0.15, -0.1) is 0 Å². The van der Waals surface area contributed by atoms with Gasteiger partial charge < -0.3 is 10.4 Å². The van der Waals surface area contributed by atoms with E-state index < -0.39 is 12.0 Å². The van der Waals surface area contributed by atoms with E-state index in [1.807, 2.05) is 20.8 Å². The van der Waals surface area contributed by atoms with E-state index in [9.17, 15) is 9.59 Å². The number of pyridine rings is 1. The monoisotopic (exact) mass is 264 g/mol. The number of carbonyl (C=O) groups excluding carboxylic acids is 1. The number of amides is 1. The highest BCUT2D eigenvalue weighted by atomic mass is 16.4. The van der Waals surface area contributed by atoms with Crippen molar-refractivity contribution in [2.75, 3.05) is 0 Å². The molecule has 5 heteroatoms. The molecule has 1 atom stereocenters. The molecule has 0 radical (unpaired) electrons. The molecule has 1 rings (SSSR count). The molecule has 0 aliphatic rings. The normalized spacial score (nSPS) is 12.2. The SMILES string of the molecule is CCc1cnccc1C(=O)N[C@H](CC(C)C)C(=O)O. The lowest BCUT2D eigenvalue weighted by Gasteiger charge is -2.17. The molecule has 1 amide bonds. The van der Waals surface area contributed by atoms with Crippen LogP contribution in [0.1, 0.15) is 43.1 Å². The first-order valence-electron chi connectivity index (χ1n) is 6.42. The van der Waals surface area contributed by atoms with E-state index in [0.29, 0.717) is 18.4 Å². The van der Waals surface area contributed by atoms with Crippen molar-refractivity contribution < 1.29 is 14.7 Å². The lowest BCUT2D eigenvalue weighted by molar-refractivity contribution is -0.139. The van der Waals surface area contributed by atoms with Gasteiger partial charge in [0.05, 0.1) is 0 Å². The van der Waals surface area contributed by atoms with E-state index in [1.165, 1.54) is 6.20 Å². The van der Waals surface area contributed by atoms with Crippen LogP contribution in [0.4, 0.5) is 0 Å². The van der Waals surface area contributed by atoms with Gasteiger partial charge in [-0.1, -0.05) is 20.8 Å². The van der Waals surface area contributed by atoms with E-state index in [1.54, 1.807) is 12.3 Å². The number of hydrogen-bond acceptors (Lipinski definition) is 3. The highest BCUT2D eigenvalue weighted by Crippen LogP contribution is 2.10. The van der Waals surface area contributed by atoms with Crippen LogP contribution in [-0.2, 0) is 11.2 Å². The van der Waals surface area contributed by atoms with Crippen LogP contribution in [0.2, 0.25) is 0 Å². The second-order valence-corrected chi connectivity index (χ2v) is 4.88. The van der Waals surface area contributed by atoms with Gasteiger partial charge in [-0.3, -0.25) is 9.78 Å². The molecule has 0 aliphatic carbocycles. The van der Waals surface area contributed by atoms with Crippen molar-refractivity contribution in [3.63, 3.8) is 0 Å². The quantitative estimate of drug-likeness (QED) is 0.822. The number of aliphatic carboxylic acids is 1. The minimum absolute atomic E-state index is 0.199. The molecule has 1 aromatic rings. The zero-order valence-corrected chi connectivity index (χ0v) is 11.5. The Hall–Kier alpha value is -1.91. The van der Waals surface area contributed by atoms with E-state index in [2.05, 4.69) is 10.3 Å². The van der Waals surface area contributed by atoms with Crippen molar-refractivity contribution in [1.82, 2.24) is 10.3 Å². The van der Waals surface area contributed by atoms with Crippen molar-refractivity contribution in [2.45, 2.75) is 39.7 Å². The Balaban J connectivity index is 2.84. The van der Waals surface area contributed by atoms with Crippen LogP contribution >= 0.6 is 0 Å². The van der Waals surface area contributed by atoms with Crippen LogP contribution < -0.4 is 5.32 Å². The summed E-state index contributed by atoms with van der Waals surface area (Å²) in [5.74, 6) is -1.16. The largest absolute Gasteiger partial charge is 0.480 e. The van der Waals surface area contributed by atoms with Crippen LogP contribution in [0.5, 0.6) is 0 Å². The summed E-state index contributed by atoms with van der Waals surface area (Å²) in [6.07, 6.45) is 4.26. The zero-order valence-electron chi connectivity index (χ0n) is 11.5. The molecule has 5 nitrogen and oxygen atoms in total. The van der Waals surface area contributed by atoms with E-state index in [0.717, 1.165) is 5.56 Å². The first kappa shape index (κ1) is 15.1. The summed E-state index contributed by atoms with van der Waals surface area (Å²) in [6, 6.07) is 0.757. The van der Waals surface area contributed by atoms with Gasteiger partial charge >= 0.3 is 5.97 Å². The number of carboxylic acid groups (broad SMARTS) is 1. The topological polar surface area (TPSA) is 79.3 Å². The van der Waals surface area contributed by atoms with Crippen molar-refractivity contribution in [3.8, 4) is 0 Å². The molecular weight excluding hydrogens is 244 g/mol. The minimum atomic E-state index is -1.01. The van der Waals surface area contributed by atoms with Gasteiger partial charge in [-0.25, -0.2) is 4.79 Å². The number of rotatable bonds is 6. The van der Waals surface area contributed by atoms with Crippen LogP contribution in [0.25, 0.3) is 0 Å². The Bertz CT molecular complexity index is 458. The maximum Gasteiger partial charge on any atom is 0.326 e. The molecule has 1 heterocycles. The number of carbonyl (C=O) groups is 2. The summed E-state index contributed by atoms with van der Waals surface area (Å²) in [6.45, 7) is 5.77. The Kier molecular flexibility index (Phi) is 5.48. The lowest BCUT2D eigenvalue weighted by Crippen LogP contribution is -2.41. The average Bonchev–Trinajstić information content (AvgIpc) is 2.37. The Morgan fingerprint density at radius 2 is 2.11 bits per heavy atom. The summed E-state index contributed by atoms with van der Waals surface area (Å²) in [5, 5.41) is 11.7. The predicted octanol–water partition coefficient (Wildman–Crippen LogP) is 1.87. The molecule has 0 bridgehead atoms. The van der Waals surface area contributed by atoms with E-state index >= 15 is 0 Å². The summed E-state index contributed by atoms with van der Waals surface area (Å²) in [7, 11) is 0. The molecule has 0 fully saturated rings. The molecular formula is C14H20N2O3. The predicted molar refractivity (Wildman–Crippen MR) is 72.0 cm³/mol. The average molecular weight is 264 g/mol. The fourth-order valence-corrected chi connectivity index (χ4v) is 1.86. The standard InChI is InChI=1S/C14H20N2O3/c1-4-10-8-15-6-5-11(10)13(17)16-12(14(18)19)7-9(2)3/h5-6,8-9,12H,4,7H2,1-3H3,(H,16,17)(H,18,19)/t12-/m1/s1. The van der Waals surface area contributed by atoms with Gasteiger partial charge in [-0.2, -0.15) is 0 Å². The van der Waals surface area contributed by atoms with Gasteiger partial charge in [0, 0.05) is 18.0 Å². The summed E-state index contributed by atoms with van der Waals surface area (Å²) < 4.78 is 0. The van der Waals surface area contributed by atoms with Gasteiger partial charge in [0.1, 0.15) is 6.04 Å². The molecule has 2 N–H and O–H groups in total. The first-order valence-corrected chi connectivity index (χ1v) is 6.42. The maximum absolute atomic E-state index is 12.1. The molecule has 19 heavy (non-hydrogen) atoms. The summed E-state index contributed by atoms with van der Waals surface area (Å²) in [4.78, 5) is 27.2. The minimum Gasteiger partial charge on any atom is -0.480 e. The van der Waals surface area contributed by atoms with Crippen LogP contribution in [0.3, 0.4) is 0 Å². The number of nitrogens with one attached hydrogen (secondary N) is 1. The molecule has 0 aliphatic heterocycles. The van der Waals surface area contributed by atoms with Crippen molar-refractivity contribution in [1.29, 1.82) is 0 Å². The fourth-order valence-electron chi connectivity index (χ4n) is 1.86. The third kappa shape index (κ3) is 4.35. The van der Waals surface area contributed by atoms with Gasteiger partial charge in [0.25, 0.3) is 5.91 Å². The first-order chi connectivity index (χ1) is 8.95. The fraction of sp³-hybridized carbons (Fsp3) is 0.500. The number of carboxylic acids is 1. The molecule has 0 spiro atoms. The zero-order chi connectivity index (χ0) is 14.4. The van der Waals surface area contributed by atoms with E-state index in [-0.39, 0.29) is 11.8 Å². The number of nitrogens with zero attached hydrogens (tertiary/aromatic N) is 1. The molecule has 0 saturated heterocycles. The highest BCUT2D eigenvalue weighted by molar-refractivity contribution is 5.97. The molecule has 0 saturated carbocycles. The lowest BCUT2D eigenvalue weighted by atomic mass is 10.0. The molecule has 104 valence electrons. The Morgan fingerprint density at radius 1 is 1.42 bits per heavy atom. The molecule has 0 unspecified atom stereocenters. The number of aryl methyl sites for hydroxylation is 1. The number of aromatic nitrogens is 1. The second-order valence-electron chi connectivity index (χ2n) is 4.88.